The maximum Gasteiger partial charge on any atom is 0.331 e. The number of aryl methyl sites for hydroxylation is 2. The fourth-order valence-electron chi connectivity index (χ4n) is 5.02. The van der Waals surface area contributed by atoms with E-state index in [1.165, 1.54) is 12.7 Å². The predicted molar refractivity (Wildman–Crippen MR) is 148 cm³/mol. The molecule has 0 atom stereocenters. The fourth-order valence-corrected chi connectivity index (χ4v) is 5.02. The van der Waals surface area contributed by atoms with Gasteiger partial charge in [0.25, 0.3) is 0 Å². The van der Waals surface area contributed by atoms with Crippen LogP contribution in [0.5, 0.6) is 11.5 Å². The van der Waals surface area contributed by atoms with Crippen molar-refractivity contribution in [3.05, 3.63) is 82.9 Å². The Kier molecular flexibility index (Phi) is 8.42. The summed E-state index contributed by atoms with van der Waals surface area (Å²) < 4.78 is 33.3. The summed E-state index contributed by atoms with van der Waals surface area (Å²) in [7, 11) is 1.34. The number of carbonyl (C=O) groups is 1. The third-order valence-electron chi connectivity index (χ3n) is 7.57. The van der Waals surface area contributed by atoms with Gasteiger partial charge in [-0.25, -0.2) is 4.79 Å². The lowest BCUT2D eigenvalue weighted by Gasteiger charge is -2.41. The van der Waals surface area contributed by atoms with Gasteiger partial charge in [0.2, 0.25) is 0 Å². The van der Waals surface area contributed by atoms with Crippen LogP contribution in [0.1, 0.15) is 22.3 Å². The lowest BCUT2D eigenvalue weighted by atomic mass is 9.88. The molecule has 2 fully saturated rings. The quantitative estimate of drug-likeness (QED) is 0.334. The molecule has 40 heavy (non-hydrogen) atoms. The first-order chi connectivity index (χ1) is 19.4. The van der Waals surface area contributed by atoms with Crippen molar-refractivity contribution in [3.63, 3.8) is 0 Å². The smallest absolute Gasteiger partial charge is 0.331 e. The summed E-state index contributed by atoms with van der Waals surface area (Å²) in [5, 5.41) is 9.67. The van der Waals surface area contributed by atoms with Crippen LogP contribution in [0.15, 0.2) is 60.7 Å². The molecule has 5 rings (SSSR count). The van der Waals surface area contributed by atoms with E-state index in [1.54, 1.807) is 0 Å². The number of aliphatic hydroxyl groups excluding tert-OH is 1. The highest BCUT2D eigenvalue weighted by Crippen LogP contribution is 2.36. The van der Waals surface area contributed by atoms with Gasteiger partial charge in [-0.3, -0.25) is 0 Å². The number of hydrogen-bond acceptors (Lipinski definition) is 8. The second-order valence-corrected chi connectivity index (χ2v) is 10.7. The minimum atomic E-state index is -0.636. The summed E-state index contributed by atoms with van der Waals surface area (Å²) in [6.07, 6.45) is 0. The van der Waals surface area contributed by atoms with Crippen LogP contribution in [0.2, 0.25) is 0 Å². The molecule has 0 aliphatic carbocycles. The Bertz CT molecular complexity index is 1300. The summed E-state index contributed by atoms with van der Waals surface area (Å²) in [5.41, 5.74) is 5.59. The number of hydrogen-bond donors (Lipinski definition) is 1. The first-order valence-electron chi connectivity index (χ1n) is 13.4. The number of methoxy groups -OCH3 is 1. The minimum absolute atomic E-state index is 0.0588. The first-order valence-corrected chi connectivity index (χ1v) is 13.4. The van der Waals surface area contributed by atoms with E-state index in [9.17, 15) is 9.90 Å². The van der Waals surface area contributed by atoms with E-state index >= 15 is 0 Å². The summed E-state index contributed by atoms with van der Waals surface area (Å²) in [6.45, 7) is 6.80. The number of benzene rings is 3. The van der Waals surface area contributed by atoms with Crippen molar-refractivity contribution in [2.45, 2.75) is 26.1 Å². The number of aliphatic hydroxyl groups is 1. The van der Waals surface area contributed by atoms with Crippen molar-refractivity contribution in [2.24, 2.45) is 5.41 Å². The van der Waals surface area contributed by atoms with Gasteiger partial charge in [0, 0.05) is 0 Å². The monoisotopic (exact) mass is 548 g/mol. The Balaban J connectivity index is 1.22. The van der Waals surface area contributed by atoms with Gasteiger partial charge in [-0.2, -0.15) is 0 Å². The van der Waals surface area contributed by atoms with E-state index in [2.05, 4.69) is 36.8 Å². The molecule has 2 heterocycles. The van der Waals surface area contributed by atoms with Gasteiger partial charge >= 0.3 is 5.97 Å². The molecule has 0 spiro atoms. The van der Waals surface area contributed by atoms with Gasteiger partial charge in [0.15, 0.2) is 0 Å². The van der Waals surface area contributed by atoms with Crippen LogP contribution < -0.4 is 9.47 Å². The van der Waals surface area contributed by atoms with Gasteiger partial charge < -0.3 is 33.5 Å². The van der Waals surface area contributed by atoms with Gasteiger partial charge in [-0.05, 0) is 77.6 Å². The molecule has 212 valence electrons. The van der Waals surface area contributed by atoms with Crippen molar-refractivity contribution in [2.75, 3.05) is 53.4 Å². The van der Waals surface area contributed by atoms with Crippen LogP contribution in [0.4, 0.5) is 0 Å². The molecule has 3 aromatic rings. The first kappa shape index (κ1) is 28.1. The van der Waals surface area contributed by atoms with E-state index in [0.717, 1.165) is 39.3 Å². The highest BCUT2D eigenvalue weighted by Gasteiger charge is 2.42. The third-order valence-corrected chi connectivity index (χ3v) is 7.57. The van der Waals surface area contributed by atoms with E-state index in [0.29, 0.717) is 39.6 Å². The van der Waals surface area contributed by atoms with E-state index < -0.39 is 11.6 Å². The second-order valence-electron chi connectivity index (χ2n) is 10.7. The molecule has 0 bridgehead atoms. The fraction of sp³-hybridized carbons (Fsp3) is 0.406. The van der Waals surface area contributed by atoms with Crippen LogP contribution in [-0.2, 0) is 35.9 Å². The summed E-state index contributed by atoms with van der Waals surface area (Å²) in [4.78, 5) is 11.5. The lowest BCUT2D eigenvalue weighted by Crippen LogP contribution is -2.49. The molecule has 0 radical (unpaired) electrons. The Morgan fingerprint density at radius 2 is 1.60 bits per heavy atom. The van der Waals surface area contributed by atoms with Crippen molar-refractivity contribution < 1.29 is 38.3 Å². The number of ether oxygens (including phenoxy) is 6. The Morgan fingerprint density at radius 3 is 2.17 bits per heavy atom. The molecule has 0 aromatic heterocycles. The maximum atomic E-state index is 11.5. The van der Waals surface area contributed by atoms with E-state index in [-0.39, 0.29) is 18.6 Å². The molecular weight excluding hydrogens is 512 g/mol. The Labute approximate surface area is 234 Å². The second kappa shape index (κ2) is 12.0. The predicted octanol–water partition coefficient (Wildman–Crippen LogP) is 4.35. The van der Waals surface area contributed by atoms with Crippen LogP contribution in [0.25, 0.3) is 11.1 Å². The van der Waals surface area contributed by atoms with Gasteiger partial charge in [0.1, 0.15) is 36.9 Å². The van der Waals surface area contributed by atoms with Gasteiger partial charge in [-0.15, -0.1) is 0 Å². The molecule has 8 nitrogen and oxygen atoms in total. The molecule has 2 saturated heterocycles. The maximum absolute atomic E-state index is 11.5. The van der Waals surface area contributed by atoms with E-state index in [1.807, 2.05) is 42.5 Å². The normalized spacial score (nSPS) is 16.9. The number of esters is 1. The SMILES string of the molecule is COC(=O)COC1(c2ccc(OCc3cccc(-c4c(C)cc(OCC5(CO)COC5)cc4C)c3)cc2)COC1. The highest BCUT2D eigenvalue weighted by molar-refractivity contribution is 5.72. The van der Waals surface area contributed by atoms with Crippen molar-refractivity contribution in [3.8, 4) is 22.6 Å². The average molecular weight is 549 g/mol. The van der Waals surface area contributed by atoms with Crippen LogP contribution >= 0.6 is 0 Å². The molecule has 0 amide bonds. The molecule has 2 aliphatic heterocycles. The summed E-state index contributed by atoms with van der Waals surface area (Å²) in [6, 6.07) is 20.2. The number of rotatable bonds is 12. The zero-order chi connectivity index (χ0) is 28.2. The molecule has 1 N–H and O–H groups in total. The standard InChI is InChI=1S/C32H36O8/c1-22-11-28(39-19-31(16-33)17-36-18-31)12-23(2)30(22)25-6-4-5-24(13-25)14-38-27-9-7-26(8-10-27)32(20-37-21-32)40-15-29(34)35-3/h4-13,33H,14-21H2,1-3H3. The zero-order valence-electron chi connectivity index (χ0n) is 23.2. The molecule has 0 unspecified atom stereocenters. The Morgan fingerprint density at radius 1 is 0.900 bits per heavy atom. The molecule has 0 saturated carbocycles. The van der Waals surface area contributed by atoms with Crippen molar-refractivity contribution >= 4 is 5.97 Å². The van der Waals surface area contributed by atoms with E-state index in [4.69, 9.17) is 23.7 Å². The van der Waals surface area contributed by atoms with Gasteiger partial charge in [-0.1, -0.05) is 30.3 Å². The highest BCUT2D eigenvalue weighted by atomic mass is 16.6. The van der Waals surface area contributed by atoms with Crippen LogP contribution in [0, 0.1) is 19.3 Å². The van der Waals surface area contributed by atoms with Crippen LogP contribution in [0.3, 0.4) is 0 Å². The summed E-state index contributed by atoms with van der Waals surface area (Å²) >= 11 is 0. The summed E-state index contributed by atoms with van der Waals surface area (Å²) in [5.74, 6) is 1.12. The molecule has 8 heteroatoms. The van der Waals surface area contributed by atoms with Crippen molar-refractivity contribution in [1.29, 1.82) is 0 Å². The zero-order valence-corrected chi connectivity index (χ0v) is 23.2. The largest absolute Gasteiger partial charge is 0.493 e. The van der Waals surface area contributed by atoms with Crippen molar-refractivity contribution in [1.82, 2.24) is 0 Å². The van der Waals surface area contributed by atoms with Crippen LogP contribution in [-0.4, -0.2) is 64.4 Å². The molecular formula is C32H36O8. The molecule has 3 aromatic carbocycles. The van der Waals surface area contributed by atoms with Gasteiger partial charge in [0.05, 0.1) is 45.6 Å². The number of carbonyl (C=O) groups excluding carboxylic acids is 1. The third kappa shape index (κ3) is 6.00. The molecule has 2 aliphatic rings. The minimum Gasteiger partial charge on any atom is -0.493 e. The average Bonchev–Trinajstić information content (AvgIpc) is 2.91. The lowest BCUT2D eigenvalue weighted by molar-refractivity contribution is -0.220. The topological polar surface area (TPSA) is 92.7 Å². The Hall–Kier alpha value is -3.43.